The third kappa shape index (κ3) is 3.68. The van der Waals surface area contributed by atoms with Gasteiger partial charge in [0.2, 0.25) is 0 Å². The molecule has 0 aliphatic rings. The van der Waals surface area contributed by atoms with Crippen molar-refractivity contribution in [3.8, 4) is 0 Å². The van der Waals surface area contributed by atoms with E-state index in [1.54, 1.807) is 12.3 Å². The highest BCUT2D eigenvalue weighted by Gasteiger charge is 2.18. The molecule has 0 bridgehead atoms. The van der Waals surface area contributed by atoms with Crippen molar-refractivity contribution in [3.05, 3.63) is 33.3 Å². The first kappa shape index (κ1) is 13.9. The number of hydrogen-bond donors (Lipinski definition) is 0. The summed E-state index contributed by atoms with van der Waals surface area (Å²) in [6.45, 7) is 5.63. The average molecular weight is 323 g/mol. The molecule has 0 fully saturated rings. The van der Waals surface area contributed by atoms with E-state index in [9.17, 15) is 4.21 Å². The summed E-state index contributed by atoms with van der Waals surface area (Å²) >= 11 is 9.38. The fourth-order valence-corrected chi connectivity index (χ4v) is 2.22. The summed E-state index contributed by atoms with van der Waals surface area (Å²) in [6, 6.07) is 5.48. The first-order valence-corrected chi connectivity index (χ1v) is 7.00. The van der Waals surface area contributed by atoms with Crippen LogP contribution in [0, 0.1) is 0 Å². The minimum absolute atomic E-state index is 0.357. The van der Waals surface area contributed by atoms with E-state index in [0.29, 0.717) is 5.02 Å². The molecule has 0 amide bonds. The van der Waals surface area contributed by atoms with Crippen LogP contribution in [0.2, 0.25) is 5.02 Å². The molecule has 0 unspecified atom stereocenters. The quantitative estimate of drug-likeness (QED) is 0.757. The van der Waals surface area contributed by atoms with Crippen LogP contribution in [0.1, 0.15) is 26.3 Å². The summed E-state index contributed by atoms with van der Waals surface area (Å²) in [5.74, 6) is 0. The molecule has 88 valence electrons. The van der Waals surface area contributed by atoms with Crippen LogP contribution in [0.3, 0.4) is 0 Å². The van der Waals surface area contributed by atoms with E-state index < -0.39 is 11.0 Å². The monoisotopic (exact) mass is 321 g/mol. The van der Waals surface area contributed by atoms with Gasteiger partial charge in [-0.15, -0.1) is 0 Å². The average Bonchev–Trinajstić information content (AvgIpc) is 2.15. The molecule has 16 heavy (non-hydrogen) atoms. The molecule has 0 aliphatic carbocycles. The minimum Gasteiger partial charge on any atom is -0.234 e. The second kappa shape index (κ2) is 5.43. The largest absolute Gasteiger partial charge is 0.234 e. The molecule has 0 aliphatic heterocycles. The van der Waals surface area contributed by atoms with E-state index in [4.69, 9.17) is 11.6 Å². The number of nitrogens with zero attached hydrogens (tertiary/aromatic N) is 1. The van der Waals surface area contributed by atoms with Gasteiger partial charge in [-0.2, -0.15) is 4.40 Å². The van der Waals surface area contributed by atoms with Gasteiger partial charge in [-0.1, -0.05) is 33.6 Å². The van der Waals surface area contributed by atoms with Crippen LogP contribution in [-0.2, 0) is 11.0 Å². The first-order chi connectivity index (χ1) is 7.32. The van der Waals surface area contributed by atoms with Gasteiger partial charge < -0.3 is 0 Å². The summed E-state index contributed by atoms with van der Waals surface area (Å²) in [4.78, 5) is 0. The maximum atomic E-state index is 11.7. The topological polar surface area (TPSA) is 29.4 Å². The van der Waals surface area contributed by atoms with Crippen LogP contribution in [0.5, 0.6) is 0 Å². The standard InChI is InChI=1S/C11H13BrClNOS/c1-11(2,3)16(15)14-7-8-9(12)5-4-6-10(8)13/h4-7H,1-3H3/t16-/m1/s1. The number of hydrogen-bond acceptors (Lipinski definition) is 1. The van der Waals surface area contributed by atoms with E-state index in [1.165, 1.54) is 0 Å². The van der Waals surface area contributed by atoms with Crippen molar-refractivity contribution in [1.82, 2.24) is 0 Å². The summed E-state index contributed by atoms with van der Waals surface area (Å²) in [5.41, 5.74) is 0.752. The predicted octanol–water partition coefficient (Wildman–Crippen LogP) is 3.98. The zero-order chi connectivity index (χ0) is 12.3. The lowest BCUT2D eigenvalue weighted by molar-refractivity contribution is 0.651. The Morgan fingerprint density at radius 2 is 2.06 bits per heavy atom. The molecule has 2 nitrogen and oxygen atoms in total. The molecule has 1 aromatic rings. The molecule has 0 radical (unpaired) electrons. The van der Waals surface area contributed by atoms with Crippen molar-refractivity contribution >= 4 is 44.7 Å². The van der Waals surface area contributed by atoms with Gasteiger partial charge in [0, 0.05) is 16.3 Å². The van der Waals surface area contributed by atoms with E-state index in [0.717, 1.165) is 10.0 Å². The Morgan fingerprint density at radius 1 is 1.44 bits per heavy atom. The van der Waals surface area contributed by atoms with Crippen molar-refractivity contribution in [3.63, 3.8) is 0 Å². The van der Waals surface area contributed by atoms with E-state index in [1.807, 2.05) is 32.9 Å². The predicted molar refractivity (Wildman–Crippen MR) is 74.6 cm³/mol. The van der Waals surface area contributed by atoms with Crippen LogP contribution < -0.4 is 0 Å². The Balaban J connectivity index is 2.98. The molecule has 0 aromatic heterocycles. The molecule has 0 heterocycles. The zero-order valence-corrected chi connectivity index (χ0v) is 12.5. The van der Waals surface area contributed by atoms with Gasteiger partial charge in [-0.05, 0) is 32.9 Å². The minimum atomic E-state index is -1.26. The Morgan fingerprint density at radius 3 is 2.56 bits per heavy atom. The Hall–Kier alpha value is -0.190. The Labute approximate surface area is 112 Å². The van der Waals surface area contributed by atoms with Crippen molar-refractivity contribution in [2.24, 2.45) is 4.40 Å². The molecule has 0 spiro atoms. The van der Waals surface area contributed by atoms with E-state index in [-0.39, 0.29) is 4.75 Å². The van der Waals surface area contributed by atoms with Gasteiger partial charge in [-0.3, -0.25) is 0 Å². The summed E-state index contributed by atoms with van der Waals surface area (Å²) in [7, 11) is -1.26. The van der Waals surface area contributed by atoms with Gasteiger partial charge in [0.25, 0.3) is 0 Å². The van der Waals surface area contributed by atoms with Gasteiger partial charge in [0.15, 0.2) is 0 Å². The van der Waals surface area contributed by atoms with Crippen LogP contribution in [0.4, 0.5) is 0 Å². The van der Waals surface area contributed by atoms with Crippen molar-refractivity contribution in [2.45, 2.75) is 25.5 Å². The molecule has 5 heteroatoms. The maximum Gasteiger partial charge on any atom is 0.144 e. The highest BCUT2D eigenvalue weighted by atomic mass is 79.9. The summed E-state index contributed by atoms with van der Waals surface area (Å²) < 4.78 is 16.2. The molecular weight excluding hydrogens is 310 g/mol. The third-order valence-corrected chi connectivity index (χ3v) is 4.17. The normalized spacial score (nSPS) is 14.3. The lowest BCUT2D eigenvalue weighted by Gasteiger charge is -2.12. The van der Waals surface area contributed by atoms with Gasteiger partial charge >= 0.3 is 0 Å². The van der Waals surface area contributed by atoms with Crippen LogP contribution in [0.25, 0.3) is 0 Å². The maximum absolute atomic E-state index is 11.7. The van der Waals surface area contributed by atoms with Crippen molar-refractivity contribution in [2.75, 3.05) is 0 Å². The number of rotatable bonds is 2. The Kier molecular flexibility index (Phi) is 4.71. The third-order valence-electron chi connectivity index (χ3n) is 1.80. The van der Waals surface area contributed by atoms with Gasteiger partial charge in [0.05, 0.1) is 9.77 Å². The van der Waals surface area contributed by atoms with Crippen LogP contribution >= 0.6 is 27.5 Å². The fraction of sp³-hybridized carbons (Fsp3) is 0.364. The lowest BCUT2D eigenvalue weighted by Crippen LogP contribution is -2.19. The highest BCUT2D eigenvalue weighted by Crippen LogP contribution is 2.23. The highest BCUT2D eigenvalue weighted by molar-refractivity contribution is 9.10. The lowest BCUT2D eigenvalue weighted by atomic mass is 10.2. The zero-order valence-electron chi connectivity index (χ0n) is 9.33. The summed E-state index contributed by atoms with van der Waals surface area (Å²) in [6.07, 6.45) is 1.55. The van der Waals surface area contributed by atoms with Gasteiger partial charge in [0.1, 0.15) is 11.0 Å². The second-order valence-electron chi connectivity index (χ2n) is 4.23. The molecule has 1 atom stereocenters. The molecule has 0 saturated heterocycles. The van der Waals surface area contributed by atoms with Crippen LogP contribution in [-0.4, -0.2) is 15.2 Å². The smallest absolute Gasteiger partial charge is 0.144 e. The van der Waals surface area contributed by atoms with Gasteiger partial charge in [-0.25, -0.2) is 4.21 Å². The second-order valence-corrected chi connectivity index (χ2v) is 7.43. The molecule has 0 N–H and O–H groups in total. The van der Waals surface area contributed by atoms with E-state index >= 15 is 0 Å². The Bertz CT molecular complexity index is 420. The molecule has 1 aromatic carbocycles. The summed E-state index contributed by atoms with van der Waals surface area (Å²) in [5, 5.41) is 0.587. The van der Waals surface area contributed by atoms with Crippen LogP contribution in [0.15, 0.2) is 27.1 Å². The SMILES string of the molecule is CC(C)(C)[S@@](=O)N=Cc1c(Cl)cccc1Br. The van der Waals surface area contributed by atoms with E-state index in [2.05, 4.69) is 20.3 Å². The molecule has 1 rings (SSSR count). The first-order valence-electron chi connectivity index (χ1n) is 4.72. The van der Waals surface area contributed by atoms with Crippen molar-refractivity contribution < 1.29 is 4.21 Å². The van der Waals surface area contributed by atoms with Crippen molar-refractivity contribution in [1.29, 1.82) is 0 Å². The fourth-order valence-electron chi connectivity index (χ4n) is 0.893. The molecular formula is C11H13BrClNOS. The number of benzene rings is 1. The molecule has 0 saturated carbocycles. The number of halogens is 2.